The van der Waals surface area contributed by atoms with Crippen LogP contribution in [0.5, 0.6) is 5.75 Å². The number of benzene rings is 1. The number of ether oxygens (including phenoxy) is 1. The van der Waals surface area contributed by atoms with Gasteiger partial charge in [-0.1, -0.05) is 6.07 Å². The van der Waals surface area contributed by atoms with Gasteiger partial charge in [0.2, 0.25) is 0 Å². The molecule has 3 aromatic rings. The van der Waals surface area contributed by atoms with Crippen LogP contribution in [0, 0.1) is 11.8 Å². The van der Waals surface area contributed by atoms with Gasteiger partial charge in [0.1, 0.15) is 17.1 Å². The summed E-state index contributed by atoms with van der Waals surface area (Å²) in [6, 6.07) is 7.03. The number of nitrogens with one attached hydrogen (secondary N) is 2. The van der Waals surface area contributed by atoms with E-state index in [0.717, 1.165) is 74.3 Å². The van der Waals surface area contributed by atoms with Crippen LogP contribution in [0.15, 0.2) is 36.5 Å². The Morgan fingerprint density at radius 2 is 1.88 bits per heavy atom. The molecule has 5 rings (SSSR count). The summed E-state index contributed by atoms with van der Waals surface area (Å²) >= 11 is 0. The van der Waals surface area contributed by atoms with E-state index in [2.05, 4.69) is 27.6 Å². The lowest BCUT2D eigenvalue weighted by molar-refractivity contribution is -0.141. The lowest BCUT2D eigenvalue weighted by Gasteiger charge is -2.32. The molecule has 0 spiro atoms. The summed E-state index contributed by atoms with van der Waals surface area (Å²) in [7, 11) is 3.72. The molecular formula is C30H39F3N6O2. The third-order valence-electron chi connectivity index (χ3n) is 8.50. The fraction of sp³-hybridized carbons (Fsp3) is 0.567. The van der Waals surface area contributed by atoms with Crippen LogP contribution in [0.25, 0.3) is 10.9 Å². The molecule has 8 nitrogen and oxygen atoms in total. The largest absolute Gasteiger partial charge is 0.494 e. The van der Waals surface area contributed by atoms with E-state index in [1.807, 2.05) is 10.9 Å². The number of hydrogen-bond donors (Lipinski definition) is 2. The van der Waals surface area contributed by atoms with Crippen molar-refractivity contribution < 1.29 is 22.7 Å². The predicted molar refractivity (Wildman–Crippen MR) is 152 cm³/mol. The monoisotopic (exact) mass is 572 g/mol. The highest BCUT2D eigenvalue weighted by atomic mass is 19.4. The van der Waals surface area contributed by atoms with Crippen molar-refractivity contribution in [3.8, 4) is 5.75 Å². The smallest absolute Gasteiger partial charge is 0.433 e. The molecule has 1 aliphatic carbocycles. The van der Waals surface area contributed by atoms with Gasteiger partial charge in [-0.2, -0.15) is 18.3 Å². The van der Waals surface area contributed by atoms with Gasteiger partial charge in [-0.3, -0.25) is 9.48 Å². The van der Waals surface area contributed by atoms with E-state index in [1.54, 1.807) is 12.1 Å². The number of hydrogen-bond acceptors (Lipinski definition) is 6. The van der Waals surface area contributed by atoms with Crippen molar-refractivity contribution >= 4 is 22.5 Å². The van der Waals surface area contributed by atoms with Crippen LogP contribution in [-0.4, -0.2) is 65.9 Å². The first-order valence-electron chi connectivity index (χ1n) is 14.5. The third-order valence-corrected chi connectivity index (χ3v) is 8.50. The average molecular weight is 573 g/mol. The number of carbonyl (C=O) groups excluding carboxylic acids is 1. The maximum atomic E-state index is 13.1. The Morgan fingerprint density at radius 3 is 2.59 bits per heavy atom. The number of rotatable bonds is 9. The van der Waals surface area contributed by atoms with Gasteiger partial charge in [0.15, 0.2) is 0 Å². The zero-order valence-electron chi connectivity index (χ0n) is 23.7. The standard InChI is InChI=1S/C30H39F3N6O2/c1-38(15-12-20-10-13-34-14-11-20)18-21-6-8-23(9-7-21)39-19-22-16-26(27(41-2)17-25(22)37-39)36-29(40)24-4-3-5-28(35-24)30(31,32)33/h3-5,16-17,19-21,23,34H,6-15,18H2,1-2H3,(H,36,40)/t21-,23-. The molecule has 1 aromatic carbocycles. The summed E-state index contributed by atoms with van der Waals surface area (Å²) in [5.41, 5.74) is -0.365. The van der Waals surface area contributed by atoms with Gasteiger partial charge < -0.3 is 20.3 Å². The third kappa shape index (κ3) is 7.37. The Hall–Kier alpha value is -3.18. The van der Waals surface area contributed by atoms with E-state index in [0.29, 0.717) is 23.4 Å². The SMILES string of the molecule is COc1cc2nn([C@H]3CC[C@H](CN(C)CCC4CCNCC4)CC3)cc2cc1NC(=O)c1cccc(C(F)(F)F)n1. The molecule has 41 heavy (non-hydrogen) atoms. The number of halogens is 3. The molecule has 11 heteroatoms. The van der Waals surface area contributed by atoms with Crippen LogP contribution in [0.4, 0.5) is 18.9 Å². The summed E-state index contributed by atoms with van der Waals surface area (Å²) < 4.78 is 46.6. The predicted octanol–water partition coefficient (Wildman–Crippen LogP) is 5.76. The molecule has 222 valence electrons. The fourth-order valence-corrected chi connectivity index (χ4v) is 6.13. The molecule has 0 atom stereocenters. The van der Waals surface area contributed by atoms with Crippen molar-refractivity contribution in [3.05, 3.63) is 47.9 Å². The molecule has 0 radical (unpaired) electrons. The molecule has 0 bridgehead atoms. The molecule has 2 N–H and O–H groups in total. The molecule has 2 aromatic heterocycles. The van der Waals surface area contributed by atoms with Gasteiger partial charge in [0, 0.05) is 24.2 Å². The summed E-state index contributed by atoms with van der Waals surface area (Å²) in [6.45, 7) is 4.61. The summed E-state index contributed by atoms with van der Waals surface area (Å²) in [5, 5.41) is 11.7. The Kier molecular flexibility index (Phi) is 9.13. The zero-order valence-corrected chi connectivity index (χ0v) is 23.7. The number of amides is 1. The highest BCUT2D eigenvalue weighted by molar-refractivity contribution is 6.05. The number of fused-ring (bicyclic) bond motifs is 1. The van der Waals surface area contributed by atoms with Crippen LogP contribution in [0.1, 0.15) is 67.2 Å². The minimum Gasteiger partial charge on any atom is -0.494 e. The number of aromatic nitrogens is 3. The average Bonchev–Trinajstić information content (AvgIpc) is 3.39. The normalized spacial score (nSPS) is 20.4. The van der Waals surface area contributed by atoms with E-state index in [4.69, 9.17) is 9.84 Å². The van der Waals surface area contributed by atoms with Crippen LogP contribution in [0.3, 0.4) is 0 Å². The van der Waals surface area contributed by atoms with Crippen LogP contribution < -0.4 is 15.4 Å². The number of methoxy groups -OCH3 is 1. The van der Waals surface area contributed by atoms with Gasteiger partial charge in [0.25, 0.3) is 5.91 Å². The second-order valence-electron chi connectivity index (χ2n) is 11.5. The minimum absolute atomic E-state index is 0.303. The van der Waals surface area contributed by atoms with Crippen molar-refractivity contribution in [2.75, 3.05) is 45.7 Å². The lowest BCUT2D eigenvalue weighted by atomic mass is 9.85. The second kappa shape index (κ2) is 12.8. The summed E-state index contributed by atoms with van der Waals surface area (Å²) in [5.74, 6) is 1.17. The van der Waals surface area contributed by atoms with Gasteiger partial charge in [-0.25, -0.2) is 4.98 Å². The molecule has 1 amide bonds. The molecular weight excluding hydrogens is 533 g/mol. The quantitative estimate of drug-likeness (QED) is 0.339. The highest BCUT2D eigenvalue weighted by Crippen LogP contribution is 2.35. The molecule has 1 saturated heterocycles. The number of piperidine rings is 1. The first-order chi connectivity index (χ1) is 19.7. The highest BCUT2D eigenvalue weighted by Gasteiger charge is 2.33. The second-order valence-corrected chi connectivity index (χ2v) is 11.5. The molecule has 2 aliphatic rings. The number of anilines is 1. The van der Waals surface area contributed by atoms with E-state index in [-0.39, 0.29) is 5.69 Å². The molecule has 1 aliphatic heterocycles. The number of pyridine rings is 1. The van der Waals surface area contributed by atoms with Crippen LogP contribution >= 0.6 is 0 Å². The summed E-state index contributed by atoms with van der Waals surface area (Å²) in [4.78, 5) is 18.7. The maximum Gasteiger partial charge on any atom is 0.433 e. The van der Waals surface area contributed by atoms with E-state index in [1.165, 1.54) is 39.0 Å². The molecule has 1 saturated carbocycles. The Bertz CT molecular complexity index is 1330. The van der Waals surface area contributed by atoms with Crippen molar-refractivity contribution in [1.82, 2.24) is 25.0 Å². The minimum atomic E-state index is -4.64. The number of alkyl halides is 3. The lowest BCUT2D eigenvalue weighted by Crippen LogP contribution is -2.33. The number of carbonyl (C=O) groups is 1. The first-order valence-corrected chi connectivity index (χ1v) is 14.5. The van der Waals surface area contributed by atoms with Gasteiger partial charge in [-0.15, -0.1) is 0 Å². The molecule has 3 heterocycles. The molecule has 2 fully saturated rings. The van der Waals surface area contributed by atoms with Crippen molar-refractivity contribution in [3.63, 3.8) is 0 Å². The summed E-state index contributed by atoms with van der Waals surface area (Å²) in [6.07, 6.45) is 5.65. The van der Waals surface area contributed by atoms with Crippen molar-refractivity contribution in [2.45, 2.75) is 57.2 Å². The Balaban J connectivity index is 1.19. The fourth-order valence-electron chi connectivity index (χ4n) is 6.13. The zero-order chi connectivity index (χ0) is 29.0. The first kappa shape index (κ1) is 29.3. The van der Waals surface area contributed by atoms with E-state index in [9.17, 15) is 18.0 Å². The van der Waals surface area contributed by atoms with Gasteiger partial charge in [-0.05, 0) is 102 Å². The van der Waals surface area contributed by atoms with Gasteiger partial charge in [0.05, 0.1) is 24.4 Å². The Labute approximate surface area is 238 Å². The van der Waals surface area contributed by atoms with E-state index < -0.39 is 17.8 Å². The number of nitrogens with zero attached hydrogens (tertiary/aromatic N) is 4. The topological polar surface area (TPSA) is 84.3 Å². The Morgan fingerprint density at radius 1 is 1.12 bits per heavy atom. The van der Waals surface area contributed by atoms with Gasteiger partial charge >= 0.3 is 6.18 Å². The maximum absolute atomic E-state index is 13.1. The van der Waals surface area contributed by atoms with Crippen molar-refractivity contribution in [1.29, 1.82) is 0 Å². The van der Waals surface area contributed by atoms with E-state index >= 15 is 0 Å². The van der Waals surface area contributed by atoms with Crippen LogP contribution in [-0.2, 0) is 6.18 Å². The molecule has 0 unspecified atom stereocenters. The van der Waals surface area contributed by atoms with Crippen LogP contribution in [0.2, 0.25) is 0 Å². The van der Waals surface area contributed by atoms with Crippen molar-refractivity contribution in [2.24, 2.45) is 11.8 Å².